The number of hydrogen-bond acceptors (Lipinski definition) is 3. The molecule has 1 aromatic carbocycles. The molecule has 3 N–H and O–H groups in total. The Bertz CT molecular complexity index is 677. The molecule has 0 aliphatic rings. The van der Waals surface area contributed by atoms with E-state index < -0.39 is 17.2 Å². The second-order valence-electron chi connectivity index (χ2n) is 3.92. The molecule has 0 bridgehead atoms. The SMILES string of the molecule is CNn1cc(C(N)=O)c(=O)c(-c2ccc(F)cc2)c1. The van der Waals surface area contributed by atoms with Gasteiger partial charge in [-0.3, -0.25) is 14.3 Å². The molecule has 0 saturated carbocycles. The summed E-state index contributed by atoms with van der Waals surface area (Å²) in [6.07, 6.45) is 2.83. The third-order valence-electron chi connectivity index (χ3n) is 2.70. The zero-order chi connectivity index (χ0) is 14.0. The molecular weight excluding hydrogens is 249 g/mol. The Balaban J connectivity index is 2.68. The minimum Gasteiger partial charge on any atom is -0.365 e. The maximum absolute atomic E-state index is 12.9. The molecule has 2 aromatic rings. The average Bonchev–Trinajstić information content (AvgIpc) is 2.40. The molecule has 1 amide bonds. The number of pyridine rings is 1. The van der Waals surface area contributed by atoms with Gasteiger partial charge in [0.25, 0.3) is 5.91 Å². The van der Waals surface area contributed by atoms with E-state index >= 15 is 0 Å². The molecule has 0 radical (unpaired) electrons. The molecule has 0 aliphatic heterocycles. The Morgan fingerprint density at radius 3 is 2.42 bits per heavy atom. The lowest BCUT2D eigenvalue weighted by atomic mass is 10.1. The third-order valence-corrected chi connectivity index (χ3v) is 2.70. The van der Waals surface area contributed by atoms with Gasteiger partial charge in [0.2, 0.25) is 5.43 Å². The zero-order valence-electron chi connectivity index (χ0n) is 10.2. The number of benzene rings is 1. The first kappa shape index (κ1) is 12.8. The van der Waals surface area contributed by atoms with Gasteiger partial charge in [0, 0.05) is 25.0 Å². The summed E-state index contributed by atoms with van der Waals surface area (Å²) in [5.74, 6) is -1.21. The molecule has 19 heavy (non-hydrogen) atoms. The predicted molar refractivity (Wildman–Crippen MR) is 69.9 cm³/mol. The van der Waals surface area contributed by atoms with E-state index in [1.165, 1.54) is 41.3 Å². The number of halogens is 1. The standard InChI is InChI=1S/C13H12FN3O2/c1-16-17-6-10(8-2-4-9(14)5-3-8)12(18)11(7-17)13(15)19/h2-7,16H,1H3,(H2,15,19). The van der Waals surface area contributed by atoms with Crippen molar-refractivity contribution in [1.29, 1.82) is 0 Å². The molecule has 0 spiro atoms. The highest BCUT2D eigenvalue weighted by Crippen LogP contribution is 2.16. The number of nitrogens with zero attached hydrogens (tertiary/aromatic N) is 1. The summed E-state index contributed by atoms with van der Waals surface area (Å²) in [5.41, 5.74) is 8.11. The minimum absolute atomic E-state index is 0.129. The zero-order valence-corrected chi connectivity index (χ0v) is 10.2. The number of rotatable bonds is 3. The summed E-state index contributed by atoms with van der Waals surface area (Å²) >= 11 is 0. The van der Waals surface area contributed by atoms with Gasteiger partial charge in [0.1, 0.15) is 11.4 Å². The van der Waals surface area contributed by atoms with Crippen molar-refractivity contribution >= 4 is 5.91 Å². The fraction of sp³-hybridized carbons (Fsp3) is 0.0769. The van der Waals surface area contributed by atoms with E-state index in [2.05, 4.69) is 5.43 Å². The van der Waals surface area contributed by atoms with E-state index in [-0.39, 0.29) is 11.1 Å². The Morgan fingerprint density at radius 2 is 1.89 bits per heavy atom. The molecule has 1 heterocycles. The lowest BCUT2D eigenvalue weighted by Crippen LogP contribution is -2.26. The molecule has 98 valence electrons. The van der Waals surface area contributed by atoms with Crippen molar-refractivity contribution in [2.75, 3.05) is 12.5 Å². The second-order valence-corrected chi connectivity index (χ2v) is 3.92. The fourth-order valence-electron chi connectivity index (χ4n) is 1.72. The number of nitrogens with two attached hydrogens (primary N) is 1. The summed E-state index contributed by atoms with van der Waals surface area (Å²) in [4.78, 5) is 23.4. The Morgan fingerprint density at radius 1 is 1.26 bits per heavy atom. The van der Waals surface area contributed by atoms with E-state index in [4.69, 9.17) is 5.73 Å². The lowest BCUT2D eigenvalue weighted by Gasteiger charge is -2.10. The highest BCUT2D eigenvalue weighted by atomic mass is 19.1. The molecule has 0 atom stereocenters. The number of carbonyl (C=O) groups is 1. The van der Waals surface area contributed by atoms with E-state index in [1.54, 1.807) is 7.05 Å². The van der Waals surface area contributed by atoms with Crippen LogP contribution in [0.4, 0.5) is 4.39 Å². The van der Waals surface area contributed by atoms with Crippen LogP contribution in [0.25, 0.3) is 11.1 Å². The van der Waals surface area contributed by atoms with Crippen molar-refractivity contribution in [2.45, 2.75) is 0 Å². The van der Waals surface area contributed by atoms with Gasteiger partial charge in [-0.05, 0) is 17.7 Å². The van der Waals surface area contributed by atoms with Crippen LogP contribution < -0.4 is 16.6 Å². The van der Waals surface area contributed by atoms with Gasteiger partial charge >= 0.3 is 0 Å². The smallest absolute Gasteiger partial charge is 0.254 e. The summed E-state index contributed by atoms with van der Waals surface area (Å²) in [6, 6.07) is 5.43. The Hall–Kier alpha value is -2.63. The van der Waals surface area contributed by atoms with Gasteiger partial charge < -0.3 is 11.2 Å². The number of aromatic nitrogens is 1. The largest absolute Gasteiger partial charge is 0.365 e. The average molecular weight is 261 g/mol. The molecule has 0 fully saturated rings. The van der Waals surface area contributed by atoms with Gasteiger partial charge in [-0.1, -0.05) is 12.1 Å². The van der Waals surface area contributed by atoms with Crippen molar-refractivity contribution in [3.05, 3.63) is 58.3 Å². The van der Waals surface area contributed by atoms with Crippen LogP contribution in [0.5, 0.6) is 0 Å². The van der Waals surface area contributed by atoms with Crippen molar-refractivity contribution in [3.63, 3.8) is 0 Å². The molecule has 1 aromatic heterocycles. The van der Waals surface area contributed by atoms with Gasteiger partial charge in [0.05, 0.1) is 0 Å². The number of amides is 1. The van der Waals surface area contributed by atoms with Crippen LogP contribution in [0, 0.1) is 5.82 Å². The second kappa shape index (κ2) is 4.93. The van der Waals surface area contributed by atoms with Crippen LogP contribution in [0.1, 0.15) is 10.4 Å². The summed E-state index contributed by atoms with van der Waals surface area (Å²) < 4.78 is 14.3. The quantitative estimate of drug-likeness (QED) is 0.862. The van der Waals surface area contributed by atoms with Crippen molar-refractivity contribution in [2.24, 2.45) is 5.73 Å². The van der Waals surface area contributed by atoms with E-state index in [1.807, 2.05) is 0 Å². The van der Waals surface area contributed by atoms with Crippen LogP contribution >= 0.6 is 0 Å². The Labute approximate surface area is 108 Å². The predicted octanol–water partition coefficient (Wildman–Crippen LogP) is 0.927. The third kappa shape index (κ3) is 2.47. The lowest BCUT2D eigenvalue weighted by molar-refractivity contribution is 0.0998. The number of primary amides is 1. The van der Waals surface area contributed by atoms with Gasteiger partial charge in [0.15, 0.2) is 0 Å². The summed E-state index contributed by atoms with van der Waals surface area (Å²) in [7, 11) is 1.63. The normalized spacial score (nSPS) is 10.2. The first-order valence-electron chi connectivity index (χ1n) is 5.52. The van der Waals surface area contributed by atoms with Crippen molar-refractivity contribution in [3.8, 4) is 11.1 Å². The van der Waals surface area contributed by atoms with Crippen LogP contribution in [0.2, 0.25) is 0 Å². The fourth-order valence-corrected chi connectivity index (χ4v) is 1.72. The van der Waals surface area contributed by atoms with Crippen LogP contribution in [0.15, 0.2) is 41.5 Å². The first-order chi connectivity index (χ1) is 9.02. The molecule has 2 rings (SSSR count). The highest BCUT2D eigenvalue weighted by molar-refractivity contribution is 5.93. The van der Waals surface area contributed by atoms with E-state index in [0.717, 1.165) is 0 Å². The molecule has 0 aliphatic carbocycles. The first-order valence-corrected chi connectivity index (χ1v) is 5.52. The van der Waals surface area contributed by atoms with Crippen LogP contribution in [-0.2, 0) is 0 Å². The Kier molecular flexibility index (Phi) is 3.33. The molecule has 0 saturated heterocycles. The molecule has 6 heteroatoms. The van der Waals surface area contributed by atoms with Gasteiger partial charge in [-0.2, -0.15) is 0 Å². The van der Waals surface area contributed by atoms with Crippen LogP contribution in [-0.4, -0.2) is 17.6 Å². The minimum atomic E-state index is -0.807. The van der Waals surface area contributed by atoms with Gasteiger partial charge in [-0.15, -0.1) is 0 Å². The monoisotopic (exact) mass is 261 g/mol. The van der Waals surface area contributed by atoms with E-state index in [9.17, 15) is 14.0 Å². The van der Waals surface area contributed by atoms with Crippen molar-refractivity contribution in [1.82, 2.24) is 4.68 Å². The van der Waals surface area contributed by atoms with E-state index in [0.29, 0.717) is 5.56 Å². The maximum Gasteiger partial charge on any atom is 0.254 e. The van der Waals surface area contributed by atoms with Crippen molar-refractivity contribution < 1.29 is 9.18 Å². The molecule has 5 nitrogen and oxygen atoms in total. The number of carbonyl (C=O) groups excluding carboxylic acids is 1. The molecular formula is C13H12FN3O2. The summed E-state index contributed by atoms with van der Waals surface area (Å²) in [6.45, 7) is 0. The maximum atomic E-state index is 12.9. The van der Waals surface area contributed by atoms with Crippen LogP contribution in [0.3, 0.4) is 0 Å². The highest BCUT2D eigenvalue weighted by Gasteiger charge is 2.13. The molecule has 0 unspecified atom stereocenters. The topological polar surface area (TPSA) is 77.1 Å². The number of hydrogen-bond donors (Lipinski definition) is 2. The summed E-state index contributed by atoms with van der Waals surface area (Å²) in [5, 5.41) is 0. The van der Waals surface area contributed by atoms with Gasteiger partial charge in [-0.25, -0.2) is 4.39 Å². The number of nitrogens with one attached hydrogen (secondary N) is 1.